The summed E-state index contributed by atoms with van der Waals surface area (Å²) < 4.78 is 4.83. The molecule has 0 aliphatic rings. The second-order valence-corrected chi connectivity index (χ2v) is 4.49. The molecule has 0 spiro atoms. The Hall–Kier alpha value is -1.87. The van der Waals surface area contributed by atoms with E-state index in [-0.39, 0.29) is 5.97 Å². The number of ether oxygens (including phenoxy) is 1. The normalized spacial score (nSPS) is 11.1. The van der Waals surface area contributed by atoms with Gasteiger partial charge < -0.3 is 4.74 Å². The minimum absolute atomic E-state index is 0.360. The van der Waals surface area contributed by atoms with Gasteiger partial charge in [0.2, 0.25) is 0 Å². The Labute approximate surface area is 116 Å². The van der Waals surface area contributed by atoms with E-state index in [0.717, 1.165) is 16.5 Å². The molecule has 0 amide bonds. The summed E-state index contributed by atoms with van der Waals surface area (Å²) in [4.78, 5) is 15.7. The minimum Gasteiger partial charge on any atom is -0.463 e. The van der Waals surface area contributed by atoms with E-state index in [9.17, 15) is 4.79 Å². The summed E-state index contributed by atoms with van der Waals surface area (Å²) in [5, 5.41) is 1.62. The van der Waals surface area contributed by atoms with Crippen LogP contribution in [0, 0.1) is 6.92 Å². The van der Waals surface area contributed by atoms with Crippen molar-refractivity contribution in [2.75, 3.05) is 6.61 Å². The molecular formula is C15H14ClNO2. The van der Waals surface area contributed by atoms with Crippen LogP contribution in [0.1, 0.15) is 18.2 Å². The van der Waals surface area contributed by atoms with Crippen LogP contribution in [0.3, 0.4) is 0 Å². The molecule has 4 heteroatoms. The summed E-state index contributed by atoms with van der Waals surface area (Å²) in [5.41, 5.74) is 2.50. The molecule has 2 rings (SSSR count). The third-order valence-corrected chi connectivity index (χ3v) is 3.00. The third kappa shape index (κ3) is 3.12. The summed E-state index contributed by atoms with van der Waals surface area (Å²) in [6, 6.07) is 7.58. The van der Waals surface area contributed by atoms with Gasteiger partial charge in [-0.3, -0.25) is 0 Å². The summed E-state index contributed by atoms with van der Waals surface area (Å²) in [6.07, 6.45) is 3.00. The van der Waals surface area contributed by atoms with Crippen molar-refractivity contribution in [3.8, 4) is 0 Å². The Morgan fingerprint density at radius 2 is 2.26 bits per heavy atom. The van der Waals surface area contributed by atoms with Crippen LogP contribution >= 0.6 is 11.6 Å². The van der Waals surface area contributed by atoms with E-state index in [0.29, 0.717) is 17.3 Å². The molecule has 0 unspecified atom stereocenters. The van der Waals surface area contributed by atoms with E-state index in [1.165, 1.54) is 6.08 Å². The number of hydrogen-bond acceptors (Lipinski definition) is 3. The molecule has 19 heavy (non-hydrogen) atoms. The number of carbonyl (C=O) groups is 1. The standard InChI is InChI=1S/C15H14ClNO2/c1-3-19-14(18)8-7-11-9-10(2)12-5-4-6-13(16)15(12)17-11/h4-9H,3H2,1-2H3/b8-7+. The zero-order valence-electron chi connectivity index (χ0n) is 10.8. The number of rotatable bonds is 3. The van der Waals surface area contributed by atoms with Crippen LogP contribution in [0.4, 0.5) is 0 Å². The summed E-state index contributed by atoms with van der Waals surface area (Å²) in [5.74, 6) is -0.374. The molecule has 0 aliphatic carbocycles. The fraction of sp³-hybridized carbons (Fsp3) is 0.200. The lowest BCUT2D eigenvalue weighted by molar-refractivity contribution is -0.137. The quantitative estimate of drug-likeness (QED) is 0.632. The summed E-state index contributed by atoms with van der Waals surface area (Å²) in [6.45, 7) is 4.12. The van der Waals surface area contributed by atoms with Crippen molar-refractivity contribution < 1.29 is 9.53 Å². The van der Waals surface area contributed by atoms with Crippen LogP contribution in [0.25, 0.3) is 17.0 Å². The topological polar surface area (TPSA) is 39.2 Å². The number of aromatic nitrogens is 1. The average Bonchev–Trinajstić information content (AvgIpc) is 2.38. The monoisotopic (exact) mass is 275 g/mol. The first-order valence-electron chi connectivity index (χ1n) is 6.02. The number of halogens is 1. The van der Waals surface area contributed by atoms with Gasteiger partial charge in [-0.05, 0) is 37.6 Å². The maximum absolute atomic E-state index is 11.3. The zero-order chi connectivity index (χ0) is 13.8. The largest absolute Gasteiger partial charge is 0.463 e. The van der Waals surface area contributed by atoms with Gasteiger partial charge in [0.05, 0.1) is 22.8 Å². The molecule has 3 nitrogen and oxygen atoms in total. The van der Waals surface area contributed by atoms with Crippen LogP contribution in [0.2, 0.25) is 5.02 Å². The van der Waals surface area contributed by atoms with E-state index < -0.39 is 0 Å². The van der Waals surface area contributed by atoms with Crippen LogP contribution in [-0.4, -0.2) is 17.6 Å². The van der Waals surface area contributed by atoms with Gasteiger partial charge in [-0.15, -0.1) is 0 Å². The molecule has 0 radical (unpaired) electrons. The highest BCUT2D eigenvalue weighted by molar-refractivity contribution is 6.35. The average molecular weight is 276 g/mol. The number of carbonyl (C=O) groups excluding carboxylic acids is 1. The maximum Gasteiger partial charge on any atom is 0.330 e. The van der Waals surface area contributed by atoms with Crippen molar-refractivity contribution in [2.24, 2.45) is 0 Å². The predicted octanol–water partition coefficient (Wildman–Crippen LogP) is 3.77. The number of benzene rings is 1. The number of hydrogen-bond donors (Lipinski definition) is 0. The molecule has 1 aromatic carbocycles. The van der Waals surface area contributed by atoms with Crippen LogP contribution in [0.5, 0.6) is 0 Å². The maximum atomic E-state index is 11.3. The van der Waals surface area contributed by atoms with Crippen molar-refractivity contribution >= 4 is 34.5 Å². The molecule has 0 fully saturated rings. The first-order valence-corrected chi connectivity index (χ1v) is 6.40. The van der Waals surface area contributed by atoms with Crippen molar-refractivity contribution in [1.29, 1.82) is 0 Å². The molecule has 0 bridgehead atoms. The van der Waals surface area contributed by atoms with E-state index >= 15 is 0 Å². The SMILES string of the molecule is CCOC(=O)/C=C/c1cc(C)c2cccc(Cl)c2n1. The molecule has 1 heterocycles. The van der Waals surface area contributed by atoms with Gasteiger partial charge >= 0.3 is 5.97 Å². The number of esters is 1. The second kappa shape index (κ2) is 5.85. The first-order chi connectivity index (χ1) is 9.11. The Morgan fingerprint density at radius 1 is 1.47 bits per heavy atom. The van der Waals surface area contributed by atoms with Crippen molar-refractivity contribution in [3.63, 3.8) is 0 Å². The summed E-state index contributed by atoms with van der Waals surface area (Å²) >= 11 is 6.14. The fourth-order valence-corrected chi connectivity index (χ4v) is 2.05. The molecule has 0 saturated carbocycles. The number of aryl methyl sites for hydroxylation is 1. The van der Waals surface area contributed by atoms with E-state index in [1.807, 2.05) is 25.1 Å². The van der Waals surface area contributed by atoms with Gasteiger partial charge in [-0.25, -0.2) is 9.78 Å². The van der Waals surface area contributed by atoms with E-state index in [1.54, 1.807) is 19.1 Å². The predicted molar refractivity (Wildman–Crippen MR) is 77.2 cm³/mol. The fourth-order valence-electron chi connectivity index (χ4n) is 1.84. The van der Waals surface area contributed by atoms with E-state index in [2.05, 4.69) is 4.98 Å². The Balaban J connectivity index is 2.40. The van der Waals surface area contributed by atoms with Gasteiger partial charge in [0.15, 0.2) is 0 Å². The Morgan fingerprint density at radius 3 is 3.00 bits per heavy atom. The number of nitrogens with zero attached hydrogens (tertiary/aromatic N) is 1. The van der Waals surface area contributed by atoms with Crippen LogP contribution in [0.15, 0.2) is 30.3 Å². The molecule has 0 N–H and O–H groups in total. The third-order valence-electron chi connectivity index (χ3n) is 2.69. The van der Waals surface area contributed by atoms with Crippen molar-refractivity contribution in [3.05, 3.63) is 46.6 Å². The lowest BCUT2D eigenvalue weighted by atomic mass is 10.1. The molecule has 0 aliphatic heterocycles. The number of fused-ring (bicyclic) bond motifs is 1. The van der Waals surface area contributed by atoms with Gasteiger partial charge in [0, 0.05) is 11.5 Å². The van der Waals surface area contributed by atoms with Gasteiger partial charge in [-0.2, -0.15) is 0 Å². The summed E-state index contributed by atoms with van der Waals surface area (Å²) in [7, 11) is 0. The molecule has 2 aromatic rings. The highest BCUT2D eigenvalue weighted by Gasteiger charge is 2.04. The van der Waals surface area contributed by atoms with E-state index in [4.69, 9.17) is 16.3 Å². The Bertz CT molecular complexity index is 650. The number of pyridine rings is 1. The highest BCUT2D eigenvalue weighted by atomic mass is 35.5. The lowest BCUT2D eigenvalue weighted by Gasteiger charge is -2.05. The van der Waals surface area contributed by atoms with Crippen LogP contribution in [-0.2, 0) is 9.53 Å². The van der Waals surface area contributed by atoms with Gasteiger partial charge in [0.25, 0.3) is 0 Å². The highest BCUT2D eigenvalue weighted by Crippen LogP contribution is 2.24. The first kappa shape index (κ1) is 13.6. The van der Waals surface area contributed by atoms with Gasteiger partial charge in [0.1, 0.15) is 0 Å². The second-order valence-electron chi connectivity index (χ2n) is 4.09. The molecule has 98 valence electrons. The molecule has 1 aromatic heterocycles. The van der Waals surface area contributed by atoms with Crippen LogP contribution < -0.4 is 0 Å². The Kier molecular flexibility index (Phi) is 4.17. The van der Waals surface area contributed by atoms with Crippen molar-refractivity contribution in [2.45, 2.75) is 13.8 Å². The molecule has 0 atom stereocenters. The van der Waals surface area contributed by atoms with Crippen molar-refractivity contribution in [1.82, 2.24) is 4.98 Å². The van der Waals surface area contributed by atoms with Gasteiger partial charge in [-0.1, -0.05) is 23.7 Å². The smallest absolute Gasteiger partial charge is 0.330 e. The zero-order valence-corrected chi connectivity index (χ0v) is 11.6. The lowest BCUT2D eigenvalue weighted by Crippen LogP contribution is -1.99. The minimum atomic E-state index is -0.374. The number of para-hydroxylation sites is 1. The molecular weight excluding hydrogens is 262 g/mol. The molecule has 0 saturated heterocycles.